The summed E-state index contributed by atoms with van der Waals surface area (Å²) in [6.07, 6.45) is 2.19. The maximum absolute atomic E-state index is 9.75. The second kappa shape index (κ2) is 16.6. The molecule has 0 saturated carbocycles. The molecule has 10 rings (SSSR count). The van der Waals surface area contributed by atoms with Gasteiger partial charge in [-0.05, 0) is 69.3 Å². The highest BCUT2D eigenvalue weighted by Gasteiger charge is 2.25. The second-order valence-electron chi connectivity index (χ2n) is 15.1. The van der Waals surface area contributed by atoms with E-state index in [2.05, 4.69) is 169 Å². The first-order valence-electron chi connectivity index (χ1n) is 20.5. The molecule has 0 unspecified atom stereocenters. The van der Waals surface area contributed by atoms with Gasteiger partial charge in [0, 0.05) is 39.1 Å². The summed E-state index contributed by atoms with van der Waals surface area (Å²) in [6.45, 7) is 0. The van der Waals surface area contributed by atoms with Crippen molar-refractivity contribution in [3.63, 3.8) is 0 Å². The van der Waals surface area contributed by atoms with Gasteiger partial charge in [-0.2, -0.15) is 0 Å². The highest BCUT2D eigenvalue weighted by molar-refractivity contribution is 6.36. The zero-order valence-electron chi connectivity index (χ0n) is 33.3. The number of nitrogens with zero attached hydrogens (tertiary/aromatic N) is 2. The van der Waals surface area contributed by atoms with Gasteiger partial charge in [-0.3, -0.25) is 5.41 Å². The van der Waals surface area contributed by atoms with Crippen LogP contribution in [0.15, 0.2) is 224 Å². The summed E-state index contributed by atoms with van der Waals surface area (Å²) in [5.74, 6) is 0.613. The van der Waals surface area contributed by atoms with E-state index in [4.69, 9.17) is 9.97 Å². The molecule has 288 valence electrons. The third-order valence-corrected chi connectivity index (χ3v) is 11.1. The van der Waals surface area contributed by atoms with Crippen LogP contribution in [0.25, 0.3) is 79.2 Å². The molecule has 0 saturated heterocycles. The number of hydrogen-bond acceptors (Lipinski definition) is 4. The van der Waals surface area contributed by atoms with Gasteiger partial charge >= 0.3 is 0 Å². The summed E-state index contributed by atoms with van der Waals surface area (Å²) < 4.78 is 0. The molecular weight excluding hydrogens is 741 g/mol. The summed E-state index contributed by atoms with van der Waals surface area (Å²) in [6, 6.07) is 77.2. The molecule has 0 bridgehead atoms. The molecule has 8 aromatic carbocycles. The average Bonchev–Trinajstić information content (AvgIpc) is 3.35. The smallest absolute Gasteiger partial charge is 0.160 e. The van der Waals surface area contributed by atoms with Crippen LogP contribution in [0.2, 0.25) is 0 Å². The van der Waals surface area contributed by atoms with Crippen molar-refractivity contribution in [1.82, 2.24) is 15.3 Å². The lowest BCUT2D eigenvalue weighted by Gasteiger charge is -2.26. The van der Waals surface area contributed by atoms with E-state index >= 15 is 0 Å². The minimum Gasteiger partial charge on any atom is -0.354 e. The van der Waals surface area contributed by atoms with E-state index in [-0.39, 0.29) is 0 Å². The van der Waals surface area contributed by atoms with E-state index in [1.165, 1.54) is 0 Å². The van der Waals surface area contributed by atoms with Crippen LogP contribution >= 0.6 is 0 Å². The number of benzene rings is 8. The van der Waals surface area contributed by atoms with Crippen LogP contribution < -0.4 is 5.32 Å². The fourth-order valence-electron chi connectivity index (χ4n) is 8.02. The number of aromatic nitrogens is 2. The molecule has 0 aliphatic carbocycles. The number of hydrogen-bond donors (Lipinski definition) is 2. The van der Waals surface area contributed by atoms with Gasteiger partial charge in [-0.1, -0.05) is 200 Å². The molecular formula is C57H40N4. The van der Waals surface area contributed by atoms with Crippen molar-refractivity contribution in [2.75, 3.05) is 0 Å². The van der Waals surface area contributed by atoms with Crippen molar-refractivity contribution in [2.24, 2.45) is 0 Å². The Hall–Kier alpha value is -8.21. The van der Waals surface area contributed by atoms with Gasteiger partial charge in [0.05, 0.1) is 22.8 Å². The topological polar surface area (TPSA) is 61.7 Å². The molecule has 0 radical (unpaired) electrons. The van der Waals surface area contributed by atoms with E-state index in [0.29, 0.717) is 11.5 Å². The SMILES string of the molecule is N=C(/C(=C1\NC(c2ccccc2)=Cc2ccc(-c3nc(-c4cccc(-c5ccccc5)c4)cc(-c4cccc(-c5ccccc5)c4)n3)cc21)c1ccccc1)c1ccccc1. The van der Waals surface area contributed by atoms with Crippen molar-refractivity contribution in [3.8, 4) is 56.2 Å². The third-order valence-electron chi connectivity index (χ3n) is 11.1. The predicted molar refractivity (Wildman–Crippen MR) is 253 cm³/mol. The molecule has 0 atom stereocenters. The molecule has 1 aliphatic heterocycles. The molecule has 1 aliphatic rings. The lowest BCUT2D eigenvalue weighted by Crippen LogP contribution is -2.20. The van der Waals surface area contributed by atoms with E-state index in [1.54, 1.807) is 0 Å². The van der Waals surface area contributed by atoms with E-state index in [0.717, 1.165) is 95.1 Å². The standard InChI is InChI=1S/C57H40N4/c58-55(43-26-14-5-15-27-43)54(42-24-12-4-13-25-42)56-50-36-49(33-32-46(50)37-51(59-56)41-22-10-3-11-23-41)57-60-52(47-30-16-28-44(34-47)39-18-6-1-7-19-39)38-53(61-57)48-31-17-29-45(35-48)40-20-8-2-9-21-40/h1-38,58-59H/b56-54-,58-55?. The summed E-state index contributed by atoms with van der Waals surface area (Å²) in [5.41, 5.74) is 17.0. The van der Waals surface area contributed by atoms with E-state index in [9.17, 15) is 5.41 Å². The molecule has 2 N–H and O–H groups in total. The number of nitrogens with one attached hydrogen (secondary N) is 2. The first kappa shape index (κ1) is 37.1. The summed E-state index contributed by atoms with van der Waals surface area (Å²) in [5, 5.41) is 13.6. The Morgan fingerprint density at radius 2 is 0.836 bits per heavy atom. The fraction of sp³-hybridized carbons (Fsp3) is 0. The monoisotopic (exact) mass is 780 g/mol. The van der Waals surface area contributed by atoms with Gasteiger partial charge in [0.15, 0.2) is 5.82 Å². The second-order valence-corrected chi connectivity index (χ2v) is 15.1. The van der Waals surface area contributed by atoms with Gasteiger partial charge < -0.3 is 5.32 Å². The largest absolute Gasteiger partial charge is 0.354 e. The molecule has 0 fully saturated rings. The first-order valence-corrected chi connectivity index (χ1v) is 20.5. The van der Waals surface area contributed by atoms with Gasteiger partial charge in [0.2, 0.25) is 0 Å². The summed E-state index contributed by atoms with van der Waals surface area (Å²) in [4.78, 5) is 10.7. The lowest BCUT2D eigenvalue weighted by atomic mass is 9.87. The third kappa shape index (κ3) is 7.74. The highest BCUT2D eigenvalue weighted by atomic mass is 14.9. The number of allylic oxidation sites excluding steroid dienone is 1. The molecule has 61 heavy (non-hydrogen) atoms. The molecule has 2 heterocycles. The van der Waals surface area contributed by atoms with Gasteiger partial charge in [-0.25, -0.2) is 9.97 Å². The normalized spacial score (nSPS) is 12.8. The zero-order valence-corrected chi connectivity index (χ0v) is 33.3. The van der Waals surface area contributed by atoms with Crippen molar-refractivity contribution >= 4 is 28.8 Å². The Labute approximate surface area is 356 Å². The van der Waals surface area contributed by atoms with E-state index in [1.807, 2.05) is 66.7 Å². The Bertz CT molecular complexity index is 2980. The Morgan fingerprint density at radius 1 is 0.377 bits per heavy atom. The van der Waals surface area contributed by atoms with Crippen LogP contribution in [0.4, 0.5) is 0 Å². The van der Waals surface area contributed by atoms with Crippen LogP contribution in [0.1, 0.15) is 27.8 Å². The first-order chi connectivity index (χ1) is 30.1. The van der Waals surface area contributed by atoms with Crippen LogP contribution in [0, 0.1) is 5.41 Å². The number of fused-ring (bicyclic) bond motifs is 1. The molecule has 9 aromatic rings. The maximum atomic E-state index is 9.75. The summed E-state index contributed by atoms with van der Waals surface area (Å²) in [7, 11) is 0. The molecule has 0 amide bonds. The van der Waals surface area contributed by atoms with Crippen molar-refractivity contribution in [1.29, 1.82) is 5.41 Å². The van der Waals surface area contributed by atoms with Gasteiger partial charge in [-0.15, -0.1) is 0 Å². The number of rotatable bonds is 9. The van der Waals surface area contributed by atoms with Crippen LogP contribution in [0.5, 0.6) is 0 Å². The highest BCUT2D eigenvalue weighted by Crippen LogP contribution is 2.39. The molecule has 0 spiro atoms. The molecule has 4 nitrogen and oxygen atoms in total. The Morgan fingerprint density at radius 3 is 1.38 bits per heavy atom. The quantitative estimate of drug-likeness (QED) is 0.143. The zero-order chi connectivity index (χ0) is 41.0. The minimum atomic E-state index is 0.428. The summed E-state index contributed by atoms with van der Waals surface area (Å²) >= 11 is 0. The van der Waals surface area contributed by atoms with Gasteiger partial charge in [0.1, 0.15) is 0 Å². The van der Waals surface area contributed by atoms with Crippen molar-refractivity contribution < 1.29 is 0 Å². The Kier molecular flexibility index (Phi) is 10.1. The molecule has 1 aromatic heterocycles. The van der Waals surface area contributed by atoms with Crippen LogP contribution in [0.3, 0.4) is 0 Å². The molecule has 4 heteroatoms. The Balaban J connectivity index is 1.18. The van der Waals surface area contributed by atoms with E-state index < -0.39 is 0 Å². The van der Waals surface area contributed by atoms with Gasteiger partial charge in [0.25, 0.3) is 0 Å². The maximum Gasteiger partial charge on any atom is 0.160 e. The van der Waals surface area contributed by atoms with Crippen molar-refractivity contribution in [3.05, 3.63) is 252 Å². The van der Waals surface area contributed by atoms with Crippen LogP contribution in [-0.4, -0.2) is 15.7 Å². The minimum absolute atomic E-state index is 0.428. The average molecular weight is 781 g/mol. The lowest BCUT2D eigenvalue weighted by molar-refractivity contribution is 1.18. The van der Waals surface area contributed by atoms with Crippen molar-refractivity contribution in [2.45, 2.75) is 0 Å². The predicted octanol–water partition coefficient (Wildman–Crippen LogP) is 13.8. The van der Waals surface area contributed by atoms with Crippen LogP contribution in [-0.2, 0) is 0 Å². The fourth-order valence-corrected chi connectivity index (χ4v) is 8.02.